The first-order chi connectivity index (χ1) is 9.33. The van der Waals surface area contributed by atoms with Crippen LogP contribution in [0.2, 0.25) is 0 Å². The van der Waals surface area contributed by atoms with E-state index in [4.69, 9.17) is 4.74 Å². The van der Waals surface area contributed by atoms with Crippen LogP contribution in [0.4, 0.5) is 5.69 Å². The second kappa shape index (κ2) is 5.02. The predicted octanol–water partition coefficient (Wildman–Crippen LogP) is 2.08. The van der Waals surface area contributed by atoms with Crippen LogP contribution >= 0.6 is 0 Å². The smallest absolute Gasteiger partial charge is 0.335 e. The molecule has 1 aromatic carbocycles. The number of hydrogen-bond acceptors (Lipinski definition) is 4. The molecule has 2 heterocycles. The van der Waals surface area contributed by atoms with E-state index in [9.17, 15) is 4.79 Å². The number of hydrogen-bond donors (Lipinski definition) is 2. The highest BCUT2D eigenvalue weighted by Gasteiger charge is 2.28. The molecule has 1 aromatic rings. The van der Waals surface area contributed by atoms with Gasteiger partial charge in [0.2, 0.25) is 5.88 Å². The third kappa shape index (κ3) is 2.52. The molecule has 4 heteroatoms. The van der Waals surface area contributed by atoms with Crippen LogP contribution in [0.5, 0.6) is 0 Å². The topological polar surface area (TPSA) is 50.4 Å². The lowest BCUT2D eigenvalue weighted by Crippen LogP contribution is -2.30. The molecule has 0 spiro atoms. The van der Waals surface area contributed by atoms with Gasteiger partial charge >= 0.3 is 5.97 Å². The molecular weight excluding hydrogens is 240 g/mol. The first-order valence-corrected chi connectivity index (χ1v) is 6.19. The number of benzene rings is 1. The molecule has 0 aliphatic carbocycles. The van der Waals surface area contributed by atoms with Gasteiger partial charge in [0, 0.05) is 18.3 Å². The van der Waals surface area contributed by atoms with Crippen molar-refractivity contribution < 1.29 is 9.53 Å². The van der Waals surface area contributed by atoms with Gasteiger partial charge in [-0.3, -0.25) is 0 Å². The van der Waals surface area contributed by atoms with Crippen molar-refractivity contribution in [3.8, 4) is 0 Å². The van der Waals surface area contributed by atoms with Gasteiger partial charge in [0.1, 0.15) is 6.04 Å². The monoisotopic (exact) mass is 254 g/mol. The Morgan fingerprint density at radius 3 is 3.00 bits per heavy atom. The van der Waals surface area contributed by atoms with E-state index in [1.54, 1.807) is 12.3 Å². The number of allylic oxidation sites excluding steroid dienone is 4. The van der Waals surface area contributed by atoms with E-state index in [1.165, 1.54) is 0 Å². The van der Waals surface area contributed by atoms with Crippen LogP contribution in [-0.2, 0) is 16.0 Å². The average molecular weight is 254 g/mol. The van der Waals surface area contributed by atoms with Crippen LogP contribution in [0.15, 0.2) is 60.7 Å². The second-order valence-electron chi connectivity index (χ2n) is 4.40. The van der Waals surface area contributed by atoms with Gasteiger partial charge in [-0.05, 0) is 23.8 Å². The van der Waals surface area contributed by atoms with Crippen molar-refractivity contribution in [2.75, 3.05) is 5.32 Å². The highest BCUT2D eigenvalue weighted by molar-refractivity contribution is 5.83. The Bertz CT molecular complexity index is 563. The van der Waals surface area contributed by atoms with Gasteiger partial charge < -0.3 is 15.4 Å². The van der Waals surface area contributed by atoms with Gasteiger partial charge in [-0.1, -0.05) is 30.4 Å². The standard InChI is InChI=1S/C15H14N2O2/c18-15(19-14-8-2-1-5-9-16-14)13-10-11-6-3-4-7-12(11)17-13/h1-9,13,16-17H,10H2. The normalized spacial score (nSPS) is 19.8. The summed E-state index contributed by atoms with van der Waals surface area (Å²) >= 11 is 0. The van der Waals surface area contributed by atoms with E-state index >= 15 is 0 Å². The van der Waals surface area contributed by atoms with E-state index in [0.29, 0.717) is 12.3 Å². The molecule has 0 amide bonds. The molecular formula is C15H14N2O2. The number of esters is 1. The summed E-state index contributed by atoms with van der Waals surface area (Å²) in [7, 11) is 0. The summed E-state index contributed by atoms with van der Waals surface area (Å²) in [6.45, 7) is 0. The lowest BCUT2D eigenvalue weighted by atomic mass is 10.1. The molecule has 4 nitrogen and oxygen atoms in total. The van der Waals surface area contributed by atoms with Gasteiger partial charge in [0.25, 0.3) is 0 Å². The molecule has 2 aliphatic heterocycles. The van der Waals surface area contributed by atoms with Gasteiger partial charge in [-0.2, -0.15) is 0 Å². The van der Waals surface area contributed by atoms with E-state index < -0.39 is 0 Å². The molecule has 19 heavy (non-hydrogen) atoms. The minimum absolute atomic E-state index is 0.279. The van der Waals surface area contributed by atoms with Crippen molar-refractivity contribution in [1.29, 1.82) is 0 Å². The lowest BCUT2D eigenvalue weighted by Gasteiger charge is -2.12. The maximum Gasteiger partial charge on any atom is 0.335 e. The van der Waals surface area contributed by atoms with Crippen molar-refractivity contribution in [2.24, 2.45) is 0 Å². The summed E-state index contributed by atoms with van der Waals surface area (Å²) in [5.74, 6) is 0.159. The SMILES string of the molecule is O=C(OC1=CC=CC=CN1)C1Cc2ccccc2N1. The highest BCUT2D eigenvalue weighted by Crippen LogP contribution is 2.25. The van der Waals surface area contributed by atoms with E-state index in [0.717, 1.165) is 11.3 Å². The molecule has 0 saturated carbocycles. The fourth-order valence-electron chi connectivity index (χ4n) is 2.12. The molecule has 0 fully saturated rings. The second-order valence-corrected chi connectivity index (χ2v) is 4.40. The lowest BCUT2D eigenvalue weighted by molar-refractivity contribution is -0.140. The van der Waals surface area contributed by atoms with Crippen molar-refractivity contribution in [3.63, 3.8) is 0 Å². The zero-order valence-corrected chi connectivity index (χ0v) is 10.3. The molecule has 0 radical (unpaired) electrons. The summed E-state index contributed by atoms with van der Waals surface area (Å²) < 4.78 is 5.33. The van der Waals surface area contributed by atoms with Crippen molar-refractivity contribution >= 4 is 11.7 Å². The number of para-hydroxylation sites is 1. The number of rotatable bonds is 2. The number of carbonyl (C=O) groups is 1. The minimum atomic E-state index is -0.323. The quantitative estimate of drug-likeness (QED) is 0.793. The zero-order chi connectivity index (χ0) is 13.1. The highest BCUT2D eigenvalue weighted by atomic mass is 16.5. The maximum absolute atomic E-state index is 12.1. The first-order valence-electron chi connectivity index (χ1n) is 6.19. The Labute approximate surface area is 111 Å². The van der Waals surface area contributed by atoms with Gasteiger partial charge in [-0.15, -0.1) is 0 Å². The zero-order valence-electron chi connectivity index (χ0n) is 10.3. The van der Waals surface area contributed by atoms with Crippen LogP contribution in [0.1, 0.15) is 5.56 Å². The minimum Gasteiger partial charge on any atom is -0.408 e. The molecule has 2 N–H and O–H groups in total. The van der Waals surface area contributed by atoms with Crippen LogP contribution in [0, 0.1) is 0 Å². The molecule has 96 valence electrons. The van der Waals surface area contributed by atoms with Crippen molar-refractivity contribution in [3.05, 3.63) is 66.2 Å². The summed E-state index contributed by atoms with van der Waals surface area (Å²) in [4.78, 5) is 12.1. The number of anilines is 1. The van der Waals surface area contributed by atoms with Crippen molar-refractivity contribution in [2.45, 2.75) is 12.5 Å². The van der Waals surface area contributed by atoms with Gasteiger partial charge in [0.15, 0.2) is 0 Å². The Hall–Kier alpha value is -2.49. The van der Waals surface area contributed by atoms with Crippen LogP contribution in [0.3, 0.4) is 0 Å². The fraction of sp³-hybridized carbons (Fsp3) is 0.133. The first kappa shape index (κ1) is 11.6. The number of fused-ring (bicyclic) bond motifs is 1. The molecule has 0 saturated heterocycles. The van der Waals surface area contributed by atoms with E-state index in [2.05, 4.69) is 10.6 Å². The van der Waals surface area contributed by atoms with Gasteiger partial charge in [-0.25, -0.2) is 4.79 Å². The number of ether oxygens (including phenoxy) is 1. The Morgan fingerprint density at radius 1 is 1.21 bits per heavy atom. The summed E-state index contributed by atoms with van der Waals surface area (Å²) in [6.07, 6.45) is 9.61. The number of nitrogens with one attached hydrogen (secondary N) is 2. The third-order valence-electron chi connectivity index (χ3n) is 3.06. The summed E-state index contributed by atoms with van der Waals surface area (Å²) in [5.41, 5.74) is 2.15. The molecule has 1 atom stereocenters. The third-order valence-corrected chi connectivity index (χ3v) is 3.06. The Morgan fingerprint density at radius 2 is 2.11 bits per heavy atom. The van der Waals surface area contributed by atoms with Crippen LogP contribution in [0.25, 0.3) is 0 Å². The summed E-state index contributed by atoms with van der Waals surface area (Å²) in [5, 5.41) is 6.08. The fourth-order valence-corrected chi connectivity index (χ4v) is 2.12. The summed E-state index contributed by atoms with van der Waals surface area (Å²) in [6, 6.07) is 7.59. The Kier molecular flexibility index (Phi) is 3.06. The van der Waals surface area contributed by atoms with Gasteiger partial charge in [0.05, 0.1) is 0 Å². The molecule has 2 aliphatic rings. The van der Waals surface area contributed by atoms with Crippen LogP contribution in [-0.4, -0.2) is 12.0 Å². The largest absolute Gasteiger partial charge is 0.408 e. The maximum atomic E-state index is 12.1. The Balaban J connectivity index is 1.65. The molecule has 3 rings (SSSR count). The molecule has 0 bridgehead atoms. The van der Waals surface area contributed by atoms with E-state index in [1.807, 2.05) is 42.5 Å². The number of carbonyl (C=O) groups excluding carboxylic acids is 1. The van der Waals surface area contributed by atoms with Crippen LogP contribution < -0.4 is 10.6 Å². The molecule has 1 unspecified atom stereocenters. The van der Waals surface area contributed by atoms with E-state index in [-0.39, 0.29) is 12.0 Å². The van der Waals surface area contributed by atoms with Crippen molar-refractivity contribution in [1.82, 2.24) is 5.32 Å². The average Bonchev–Trinajstić information content (AvgIpc) is 2.70. The predicted molar refractivity (Wildman–Crippen MR) is 73.1 cm³/mol. The molecule has 0 aromatic heterocycles.